The van der Waals surface area contributed by atoms with Crippen molar-refractivity contribution in [1.29, 1.82) is 0 Å². The van der Waals surface area contributed by atoms with Crippen molar-refractivity contribution in [3.63, 3.8) is 0 Å². The smallest absolute Gasteiger partial charge is 0.191 e. The van der Waals surface area contributed by atoms with Crippen molar-refractivity contribution >= 4 is 41.3 Å². The van der Waals surface area contributed by atoms with Crippen LogP contribution in [0, 0.1) is 5.92 Å². The van der Waals surface area contributed by atoms with Gasteiger partial charge in [0.2, 0.25) is 0 Å². The Morgan fingerprint density at radius 3 is 2.59 bits per heavy atom. The third kappa shape index (κ3) is 7.54. The van der Waals surface area contributed by atoms with Crippen molar-refractivity contribution in [2.45, 2.75) is 63.8 Å². The summed E-state index contributed by atoms with van der Waals surface area (Å²) in [6.07, 6.45) is 9.73. The first-order valence-corrected chi connectivity index (χ1v) is 11.4. The van der Waals surface area contributed by atoms with Gasteiger partial charge < -0.3 is 15.5 Å². The lowest BCUT2D eigenvalue weighted by Gasteiger charge is -2.36. The van der Waals surface area contributed by atoms with Crippen molar-refractivity contribution in [1.82, 2.24) is 15.5 Å². The van der Waals surface area contributed by atoms with E-state index in [9.17, 15) is 0 Å². The van der Waals surface area contributed by atoms with Crippen LogP contribution in [-0.2, 0) is 0 Å². The summed E-state index contributed by atoms with van der Waals surface area (Å²) in [5, 5.41) is 11.6. The fourth-order valence-electron chi connectivity index (χ4n) is 4.31. The molecule has 4 nitrogen and oxygen atoms in total. The minimum absolute atomic E-state index is 0. The minimum Gasteiger partial charge on any atom is -0.356 e. The summed E-state index contributed by atoms with van der Waals surface area (Å²) >= 11 is 1.77. The number of nitrogens with zero attached hydrogens (tertiary/aromatic N) is 2. The van der Waals surface area contributed by atoms with E-state index in [2.05, 4.69) is 44.3 Å². The highest BCUT2D eigenvalue weighted by atomic mass is 127. The van der Waals surface area contributed by atoms with Crippen LogP contribution in [0.15, 0.2) is 21.8 Å². The summed E-state index contributed by atoms with van der Waals surface area (Å²) in [5.74, 6) is 2.43. The molecule has 0 bridgehead atoms. The Balaban J connectivity index is 0.00000261. The number of hydrogen-bond acceptors (Lipinski definition) is 3. The van der Waals surface area contributed by atoms with E-state index in [4.69, 9.17) is 0 Å². The van der Waals surface area contributed by atoms with Gasteiger partial charge in [-0.15, -0.1) is 24.0 Å². The second-order valence-corrected chi connectivity index (χ2v) is 8.91. The molecule has 1 aromatic heterocycles. The molecular formula is C21H37IN4S. The lowest BCUT2D eigenvalue weighted by Crippen LogP contribution is -2.49. The summed E-state index contributed by atoms with van der Waals surface area (Å²) in [7, 11) is 1.88. The van der Waals surface area contributed by atoms with Crippen LogP contribution in [0.1, 0.15) is 63.4 Å². The van der Waals surface area contributed by atoms with Crippen molar-refractivity contribution in [2.75, 3.05) is 33.2 Å². The minimum atomic E-state index is 0. The van der Waals surface area contributed by atoms with Gasteiger partial charge in [0.15, 0.2) is 5.96 Å². The van der Waals surface area contributed by atoms with E-state index in [0.29, 0.717) is 12.0 Å². The first kappa shape index (κ1) is 22.9. The fraction of sp³-hybridized carbons (Fsp3) is 0.762. The van der Waals surface area contributed by atoms with E-state index in [0.717, 1.165) is 18.4 Å². The molecule has 1 aromatic rings. The fourth-order valence-corrected chi connectivity index (χ4v) is 5.09. The molecule has 1 saturated heterocycles. The SMILES string of the molecule is CN=C(NCC(C)c1ccsc1)NC1CCN(CC2CCCCC2)CC1.I. The van der Waals surface area contributed by atoms with E-state index < -0.39 is 0 Å². The van der Waals surface area contributed by atoms with Crippen molar-refractivity contribution in [2.24, 2.45) is 10.9 Å². The highest BCUT2D eigenvalue weighted by Crippen LogP contribution is 2.25. The van der Waals surface area contributed by atoms with Crippen LogP contribution in [0.25, 0.3) is 0 Å². The predicted octanol–water partition coefficient (Wildman–Crippen LogP) is 4.68. The molecule has 154 valence electrons. The molecule has 2 heterocycles. The van der Waals surface area contributed by atoms with Gasteiger partial charge in [-0.05, 0) is 59.9 Å². The molecule has 2 fully saturated rings. The maximum absolute atomic E-state index is 4.43. The van der Waals surface area contributed by atoms with Gasteiger partial charge >= 0.3 is 0 Å². The molecule has 1 unspecified atom stereocenters. The second-order valence-electron chi connectivity index (χ2n) is 8.13. The highest BCUT2D eigenvalue weighted by molar-refractivity contribution is 14.0. The number of halogens is 1. The average Bonchev–Trinajstić information content (AvgIpc) is 3.22. The number of piperidine rings is 1. The molecule has 0 spiro atoms. The number of thiophene rings is 1. The standard InChI is InChI=1S/C21H36N4S.HI/c1-17(19-10-13-26-16-19)14-23-21(22-2)24-20-8-11-25(12-9-20)15-18-6-4-3-5-7-18;/h10,13,16-18,20H,3-9,11-12,14-15H2,1-2H3,(H2,22,23,24);1H. The Morgan fingerprint density at radius 2 is 1.96 bits per heavy atom. The van der Waals surface area contributed by atoms with Crippen LogP contribution in [0.3, 0.4) is 0 Å². The third-order valence-corrected chi connectivity index (χ3v) is 6.78. The van der Waals surface area contributed by atoms with E-state index in [-0.39, 0.29) is 24.0 Å². The van der Waals surface area contributed by atoms with Crippen molar-refractivity contribution in [3.8, 4) is 0 Å². The molecule has 0 amide bonds. The van der Waals surface area contributed by atoms with E-state index in [1.54, 1.807) is 11.3 Å². The van der Waals surface area contributed by atoms with Crippen LogP contribution in [0.5, 0.6) is 0 Å². The summed E-state index contributed by atoms with van der Waals surface area (Å²) in [6, 6.07) is 2.77. The molecule has 1 aliphatic carbocycles. The Hall–Kier alpha value is -0.340. The molecule has 1 atom stereocenters. The van der Waals surface area contributed by atoms with Gasteiger partial charge in [-0.3, -0.25) is 4.99 Å². The first-order chi connectivity index (χ1) is 12.7. The number of guanidine groups is 1. The number of aliphatic imine (C=N–C) groups is 1. The Bertz CT molecular complexity index is 534. The van der Waals surface area contributed by atoms with E-state index in [1.807, 2.05) is 7.05 Å². The molecule has 0 radical (unpaired) electrons. The van der Waals surface area contributed by atoms with Crippen LogP contribution < -0.4 is 10.6 Å². The molecule has 3 rings (SSSR count). The van der Waals surface area contributed by atoms with Gasteiger partial charge in [0.05, 0.1) is 0 Å². The second kappa shape index (κ2) is 12.3. The van der Waals surface area contributed by atoms with E-state index >= 15 is 0 Å². The van der Waals surface area contributed by atoms with Crippen molar-refractivity contribution < 1.29 is 0 Å². The number of rotatable bonds is 6. The summed E-state index contributed by atoms with van der Waals surface area (Å²) in [4.78, 5) is 7.13. The molecule has 0 aromatic carbocycles. The number of nitrogens with one attached hydrogen (secondary N) is 2. The topological polar surface area (TPSA) is 39.7 Å². The van der Waals surface area contributed by atoms with Gasteiger partial charge in [0.25, 0.3) is 0 Å². The monoisotopic (exact) mass is 504 g/mol. The molecule has 2 aliphatic rings. The third-order valence-electron chi connectivity index (χ3n) is 6.08. The number of hydrogen-bond donors (Lipinski definition) is 2. The molecule has 1 aliphatic heterocycles. The molecule has 6 heteroatoms. The normalized spacial score (nSPS) is 21.5. The first-order valence-electron chi connectivity index (χ1n) is 10.5. The van der Waals surface area contributed by atoms with Crippen LogP contribution >= 0.6 is 35.3 Å². The van der Waals surface area contributed by atoms with Gasteiger partial charge in [0.1, 0.15) is 0 Å². The average molecular weight is 505 g/mol. The molecule has 27 heavy (non-hydrogen) atoms. The maximum atomic E-state index is 4.43. The summed E-state index contributed by atoms with van der Waals surface area (Å²) < 4.78 is 0. The molecule has 2 N–H and O–H groups in total. The maximum Gasteiger partial charge on any atom is 0.191 e. The van der Waals surface area contributed by atoms with Crippen LogP contribution in [-0.4, -0.2) is 50.1 Å². The quantitative estimate of drug-likeness (QED) is 0.336. The zero-order chi connectivity index (χ0) is 18.2. The number of likely N-dealkylation sites (tertiary alicyclic amines) is 1. The zero-order valence-corrected chi connectivity index (χ0v) is 20.1. The highest BCUT2D eigenvalue weighted by Gasteiger charge is 2.23. The predicted molar refractivity (Wildman–Crippen MR) is 129 cm³/mol. The molecular weight excluding hydrogens is 467 g/mol. The van der Waals surface area contributed by atoms with E-state index in [1.165, 1.54) is 70.1 Å². The van der Waals surface area contributed by atoms with Crippen LogP contribution in [0.4, 0.5) is 0 Å². The van der Waals surface area contributed by atoms with Crippen molar-refractivity contribution in [3.05, 3.63) is 22.4 Å². The van der Waals surface area contributed by atoms with Gasteiger partial charge in [-0.2, -0.15) is 11.3 Å². The van der Waals surface area contributed by atoms with Gasteiger partial charge in [0, 0.05) is 39.3 Å². The van der Waals surface area contributed by atoms with Gasteiger partial charge in [-0.1, -0.05) is 26.2 Å². The Kier molecular flexibility index (Phi) is 10.4. The molecule has 1 saturated carbocycles. The van der Waals surface area contributed by atoms with Gasteiger partial charge in [-0.25, -0.2) is 0 Å². The lowest BCUT2D eigenvalue weighted by atomic mass is 9.88. The summed E-state index contributed by atoms with van der Waals surface area (Å²) in [6.45, 7) is 6.99. The Morgan fingerprint density at radius 1 is 1.22 bits per heavy atom. The Labute approximate surface area is 186 Å². The van der Waals surface area contributed by atoms with Crippen LogP contribution in [0.2, 0.25) is 0 Å². The lowest BCUT2D eigenvalue weighted by molar-refractivity contribution is 0.160. The largest absolute Gasteiger partial charge is 0.356 e. The zero-order valence-electron chi connectivity index (χ0n) is 17.0. The summed E-state index contributed by atoms with van der Waals surface area (Å²) in [5.41, 5.74) is 1.41.